The first-order chi connectivity index (χ1) is 17.8. The van der Waals surface area contributed by atoms with Crippen molar-refractivity contribution >= 4 is 61.9 Å². The molecule has 0 atom stereocenters. The summed E-state index contributed by atoms with van der Waals surface area (Å²) in [6.07, 6.45) is 3.72. The van der Waals surface area contributed by atoms with Crippen molar-refractivity contribution in [2.45, 2.75) is 32.8 Å². The molecule has 0 aliphatic rings. The first kappa shape index (κ1) is 26.8. The van der Waals surface area contributed by atoms with E-state index in [1.165, 1.54) is 23.0 Å². The second-order valence-electron chi connectivity index (χ2n) is 8.16. The Morgan fingerprint density at radius 3 is 2.70 bits per heavy atom. The van der Waals surface area contributed by atoms with E-state index in [0.29, 0.717) is 44.3 Å². The molecule has 0 saturated carbocycles. The molecule has 0 unspecified atom stereocenters. The molecule has 0 spiro atoms. The molecule has 0 N–H and O–H groups in total. The molecule has 0 radical (unpaired) electrons. The summed E-state index contributed by atoms with van der Waals surface area (Å²) in [5.41, 5.74) is 1.09. The van der Waals surface area contributed by atoms with Crippen LogP contribution in [0.2, 0.25) is 10.0 Å². The summed E-state index contributed by atoms with van der Waals surface area (Å²) in [5, 5.41) is 17.4. The van der Waals surface area contributed by atoms with Crippen LogP contribution in [0.5, 0.6) is 5.75 Å². The molecule has 8 nitrogen and oxygen atoms in total. The van der Waals surface area contributed by atoms with Crippen LogP contribution in [0.1, 0.15) is 36.7 Å². The molecule has 4 rings (SSSR count). The Labute approximate surface area is 230 Å². The molecule has 11 heteroatoms. The van der Waals surface area contributed by atoms with Crippen molar-refractivity contribution in [1.82, 2.24) is 9.66 Å². The summed E-state index contributed by atoms with van der Waals surface area (Å²) in [5.74, 6) is 0.596. The maximum absolute atomic E-state index is 13.2. The Kier molecular flexibility index (Phi) is 8.58. The fourth-order valence-electron chi connectivity index (χ4n) is 3.61. The molecule has 0 fully saturated rings. The van der Waals surface area contributed by atoms with Crippen LogP contribution in [-0.2, 0) is 13.0 Å². The SMILES string of the molecule is CCCCc1nc2ccc(Br)cc2c(=O)n1N=Cc1ccc(OCc2ccc(Cl)cc2Cl)c([N+](=O)[O-])c1. The van der Waals surface area contributed by atoms with Gasteiger partial charge in [-0.25, -0.2) is 4.98 Å². The molecule has 0 aliphatic heterocycles. The van der Waals surface area contributed by atoms with Crippen LogP contribution in [0, 0.1) is 10.1 Å². The zero-order valence-corrected chi connectivity index (χ0v) is 22.8. The molecular weight excluding hydrogens is 583 g/mol. The Morgan fingerprint density at radius 2 is 1.97 bits per heavy atom. The zero-order valence-electron chi connectivity index (χ0n) is 19.7. The van der Waals surface area contributed by atoms with E-state index in [-0.39, 0.29) is 23.6 Å². The van der Waals surface area contributed by atoms with E-state index in [0.717, 1.165) is 17.3 Å². The minimum atomic E-state index is -0.538. The number of ether oxygens (including phenoxy) is 1. The van der Waals surface area contributed by atoms with Gasteiger partial charge in [-0.15, -0.1) is 0 Å². The quantitative estimate of drug-likeness (QED) is 0.115. The summed E-state index contributed by atoms with van der Waals surface area (Å²) in [6, 6.07) is 14.7. The maximum atomic E-state index is 13.2. The molecule has 3 aromatic carbocycles. The van der Waals surface area contributed by atoms with Crippen LogP contribution < -0.4 is 10.3 Å². The zero-order chi connectivity index (χ0) is 26.5. The number of hydrogen-bond donors (Lipinski definition) is 0. The normalized spacial score (nSPS) is 11.4. The monoisotopic (exact) mass is 602 g/mol. The Bertz CT molecular complexity index is 1570. The number of unbranched alkanes of at least 4 members (excludes halogenated alkanes) is 1. The molecule has 0 amide bonds. The lowest BCUT2D eigenvalue weighted by molar-refractivity contribution is -0.385. The van der Waals surface area contributed by atoms with Crippen molar-refractivity contribution in [3.05, 3.63) is 107 Å². The molecular formula is C26H21BrCl2N4O4. The third-order valence-electron chi connectivity index (χ3n) is 5.53. The van der Waals surface area contributed by atoms with Crippen LogP contribution in [0.15, 0.2) is 69.0 Å². The highest BCUT2D eigenvalue weighted by atomic mass is 79.9. The van der Waals surface area contributed by atoms with E-state index in [4.69, 9.17) is 27.9 Å². The number of nitrogens with zero attached hydrogens (tertiary/aromatic N) is 4. The minimum absolute atomic E-state index is 0.0266. The molecule has 4 aromatic rings. The smallest absolute Gasteiger partial charge is 0.311 e. The molecule has 190 valence electrons. The highest BCUT2D eigenvalue weighted by molar-refractivity contribution is 9.10. The van der Waals surface area contributed by atoms with E-state index < -0.39 is 4.92 Å². The van der Waals surface area contributed by atoms with Gasteiger partial charge in [0.2, 0.25) is 0 Å². The van der Waals surface area contributed by atoms with Gasteiger partial charge in [0.1, 0.15) is 12.4 Å². The summed E-state index contributed by atoms with van der Waals surface area (Å²) in [7, 11) is 0. The number of nitro benzene ring substituents is 1. The van der Waals surface area contributed by atoms with Crippen molar-refractivity contribution < 1.29 is 9.66 Å². The van der Waals surface area contributed by atoms with Gasteiger partial charge >= 0.3 is 5.69 Å². The number of fused-ring (bicyclic) bond motifs is 1. The number of nitro groups is 1. The minimum Gasteiger partial charge on any atom is -0.482 e. The Hall–Kier alpha value is -3.27. The largest absolute Gasteiger partial charge is 0.482 e. The molecule has 0 aliphatic carbocycles. The lowest BCUT2D eigenvalue weighted by atomic mass is 10.2. The number of aryl methyl sites for hydroxylation is 1. The van der Waals surface area contributed by atoms with Crippen LogP contribution in [0.3, 0.4) is 0 Å². The molecule has 37 heavy (non-hydrogen) atoms. The summed E-state index contributed by atoms with van der Waals surface area (Å²) in [6.45, 7) is 2.08. The predicted octanol–water partition coefficient (Wildman–Crippen LogP) is 7.18. The van der Waals surface area contributed by atoms with Gasteiger partial charge in [0, 0.05) is 38.1 Å². The lowest BCUT2D eigenvalue weighted by Gasteiger charge is -2.10. The topological polar surface area (TPSA) is 99.6 Å². The molecule has 0 saturated heterocycles. The Morgan fingerprint density at radius 1 is 1.16 bits per heavy atom. The van der Waals surface area contributed by atoms with E-state index in [9.17, 15) is 14.9 Å². The van der Waals surface area contributed by atoms with Crippen molar-refractivity contribution in [2.75, 3.05) is 0 Å². The molecule has 1 aromatic heterocycles. The summed E-state index contributed by atoms with van der Waals surface area (Å²) < 4.78 is 7.69. The third-order valence-corrected chi connectivity index (χ3v) is 6.61. The van der Waals surface area contributed by atoms with Crippen molar-refractivity contribution in [2.24, 2.45) is 5.10 Å². The maximum Gasteiger partial charge on any atom is 0.311 e. The fourth-order valence-corrected chi connectivity index (χ4v) is 4.43. The van der Waals surface area contributed by atoms with Crippen LogP contribution >= 0.6 is 39.1 Å². The molecule has 0 bridgehead atoms. The second-order valence-corrected chi connectivity index (χ2v) is 9.92. The van der Waals surface area contributed by atoms with Gasteiger partial charge < -0.3 is 4.74 Å². The average molecular weight is 604 g/mol. The van der Waals surface area contributed by atoms with Gasteiger partial charge in [0.25, 0.3) is 5.56 Å². The number of hydrogen-bond acceptors (Lipinski definition) is 6. The highest BCUT2D eigenvalue weighted by Crippen LogP contribution is 2.30. The number of halogens is 3. The summed E-state index contributed by atoms with van der Waals surface area (Å²) in [4.78, 5) is 29.1. The average Bonchev–Trinajstić information content (AvgIpc) is 2.87. The van der Waals surface area contributed by atoms with E-state index in [2.05, 4.69) is 26.0 Å². The molecule has 1 heterocycles. The van der Waals surface area contributed by atoms with Crippen LogP contribution in [-0.4, -0.2) is 20.8 Å². The van der Waals surface area contributed by atoms with Crippen molar-refractivity contribution in [3.63, 3.8) is 0 Å². The van der Waals surface area contributed by atoms with Crippen molar-refractivity contribution in [1.29, 1.82) is 0 Å². The van der Waals surface area contributed by atoms with Gasteiger partial charge in [-0.3, -0.25) is 14.9 Å². The number of rotatable bonds is 9. The third kappa shape index (κ3) is 6.36. The Balaban J connectivity index is 1.66. The predicted molar refractivity (Wildman–Crippen MR) is 149 cm³/mol. The standard InChI is InChI=1S/C26H21BrCl2N4O4/c1-2-3-4-25-31-22-9-7-18(27)12-20(22)26(34)32(25)30-14-16-5-10-24(23(11-16)33(35)36)37-15-17-6-8-19(28)13-21(17)29/h5-14H,2-4,15H2,1H3. The fraction of sp³-hybridized carbons (Fsp3) is 0.192. The van der Waals surface area contributed by atoms with Gasteiger partial charge in [-0.05, 0) is 48.9 Å². The van der Waals surface area contributed by atoms with Crippen molar-refractivity contribution in [3.8, 4) is 5.75 Å². The van der Waals surface area contributed by atoms with Gasteiger partial charge in [-0.1, -0.05) is 58.5 Å². The van der Waals surface area contributed by atoms with Gasteiger partial charge in [-0.2, -0.15) is 9.78 Å². The highest BCUT2D eigenvalue weighted by Gasteiger charge is 2.17. The van der Waals surface area contributed by atoms with Gasteiger partial charge in [0.15, 0.2) is 5.75 Å². The first-order valence-corrected chi connectivity index (χ1v) is 12.9. The van der Waals surface area contributed by atoms with E-state index >= 15 is 0 Å². The lowest BCUT2D eigenvalue weighted by Crippen LogP contribution is -2.22. The van der Waals surface area contributed by atoms with E-state index in [1.807, 2.05) is 13.0 Å². The number of aromatic nitrogens is 2. The van der Waals surface area contributed by atoms with Gasteiger partial charge in [0.05, 0.1) is 22.0 Å². The van der Waals surface area contributed by atoms with Crippen LogP contribution in [0.4, 0.5) is 5.69 Å². The number of benzene rings is 3. The first-order valence-electron chi connectivity index (χ1n) is 11.4. The second kappa shape index (κ2) is 11.9. The van der Waals surface area contributed by atoms with E-state index in [1.54, 1.807) is 36.4 Å². The van der Waals surface area contributed by atoms with Crippen LogP contribution in [0.25, 0.3) is 10.9 Å². The summed E-state index contributed by atoms with van der Waals surface area (Å²) >= 11 is 15.5.